The second kappa shape index (κ2) is 8.87. The van der Waals surface area contributed by atoms with Crippen molar-refractivity contribution in [1.29, 1.82) is 0 Å². The highest BCUT2D eigenvalue weighted by Crippen LogP contribution is 2.27. The van der Waals surface area contributed by atoms with Crippen LogP contribution in [0.2, 0.25) is 0 Å². The zero-order valence-corrected chi connectivity index (χ0v) is 14.1. The summed E-state index contributed by atoms with van der Waals surface area (Å²) >= 11 is 1.60. The molecule has 1 aromatic carbocycles. The summed E-state index contributed by atoms with van der Waals surface area (Å²) in [6.07, 6.45) is -3.48. The van der Waals surface area contributed by atoms with E-state index >= 15 is 0 Å². The van der Waals surface area contributed by atoms with Crippen LogP contribution in [0.15, 0.2) is 41.8 Å². The van der Waals surface area contributed by atoms with Crippen molar-refractivity contribution < 1.29 is 27.8 Å². The topological polar surface area (TPSA) is 58.6 Å². The van der Waals surface area contributed by atoms with E-state index < -0.39 is 6.36 Å². The van der Waals surface area contributed by atoms with E-state index in [9.17, 15) is 18.0 Å². The Morgan fingerprint density at radius 1 is 1.20 bits per heavy atom. The standard InChI is InChI=1S/C17H18F3NO3S/c18-17(19,20)24-14-5-3-13(4-6-14)16(23)21-9-7-12(8-10-22)15-2-1-11-25-15/h1-6,11-12,22H,7-10H2,(H,21,23)/t12-/m0/s1. The van der Waals surface area contributed by atoms with Crippen LogP contribution in [0.1, 0.15) is 34.0 Å². The van der Waals surface area contributed by atoms with Crippen LogP contribution in [0, 0.1) is 0 Å². The molecule has 0 aliphatic rings. The molecule has 0 saturated carbocycles. The quantitative estimate of drug-likeness (QED) is 0.737. The average molecular weight is 373 g/mol. The number of alkyl halides is 3. The Morgan fingerprint density at radius 3 is 2.48 bits per heavy atom. The molecule has 0 aliphatic heterocycles. The predicted octanol–water partition coefficient (Wildman–Crippen LogP) is 3.93. The fourth-order valence-corrected chi connectivity index (χ4v) is 3.28. The molecule has 2 rings (SSSR count). The lowest BCUT2D eigenvalue weighted by atomic mass is 10.00. The van der Waals surface area contributed by atoms with E-state index in [0.717, 1.165) is 17.0 Å². The molecule has 1 amide bonds. The lowest BCUT2D eigenvalue weighted by Crippen LogP contribution is -2.25. The first kappa shape index (κ1) is 19.3. The van der Waals surface area contributed by atoms with E-state index in [2.05, 4.69) is 10.1 Å². The van der Waals surface area contributed by atoms with Crippen molar-refractivity contribution in [3.05, 3.63) is 52.2 Å². The summed E-state index contributed by atoms with van der Waals surface area (Å²) in [6.45, 7) is 0.472. The fraction of sp³-hybridized carbons (Fsp3) is 0.353. The van der Waals surface area contributed by atoms with Crippen LogP contribution in [0.3, 0.4) is 0 Å². The largest absolute Gasteiger partial charge is 0.573 e. The number of ether oxygens (including phenoxy) is 1. The van der Waals surface area contributed by atoms with Gasteiger partial charge in [0.1, 0.15) is 5.75 Å². The molecule has 0 bridgehead atoms. The van der Waals surface area contributed by atoms with Gasteiger partial charge in [-0.1, -0.05) is 6.07 Å². The van der Waals surface area contributed by atoms with E-state index in [-0.39, 0.29) is 29.7 Å². The van der Waals surface area contributed by atoms with Gasteiger partial charge >= 0.3 is 6.36 Å². The Hall–Kier alpha value is -2.06. The number of carbonyl (C=O) groups excluding carboxylic acids is 1. The molecule has 1 heterocycles. The molecule has 0 radical (unpaired) electrons. The third-order valence-electron chi connectivity index (χ3n) is 3.55. The molecular formula is C17H18F3NO3S. The van der Waals surface area contributed by atoms with Gasteiger partial charge in [-0.2, -0.15) is 0 Å². The van der Waals surface area contributed by atoms with E-state index in [1.54, 1.807) is 11.3 Å². The van der Waals surface area contributed by atoms with Crippen molar-refractivity contribution in [2.45, 2.75) is 25.1 Å². The zero-order valence-electron chi connectivity index (χ0n) is 13.3. The van der Waals surface area contributed by atoms with Crippen molar-refractivity contribution in [3.63, 3.8) is 0 Å². The van der Waals surface area contributed by atoms with Crippen LogP contribution >= 0.6 is 11.3 Å². The summed E-state index contributed by atoms with van der Waals surface area (Å²) in [5, 5.41) is 13.9. The zero-order chi connectivity index (χ0) is 18.3. The molecule has 25 heavy (non-hydrogen) atoms. The van der Waals surface area contributed by atoms with Gasteiger partial charge in [0, 0.05) is 23.6 Å². The van der Waals surface area contributed by atoms with E-state index in [1.165, 1.54) is 12.1 Å². The van der Waals surface area contributed by atoms with Crippen LogP contribution < -0.4 is 10.1 Å². The Balaban J connectivity index is 1.85. The molecule has 8 heteroatoms. The molecule has 4 nitrogen and oxygen atoms in total. The highest BCUT2D eigenvalue weighted by molar-refractivity contribution is 7.10. The lowest BCUT2D eigenvalue weighted by molar-refractivity contribution is -0.274. The third kappa shape index (κ3) is 6.39. The van der Waals surface area contributed by atoms with Gasteiger partial charge < -0.3 is 15.2 Å². The second-order valence-corrected chi connectivity index (χ2v) is 6.32. The van der Waals surface area contributed by atoms with Gasteiger partial charge in [0.05, 0.1) is 0 Å². The summed E-state index contributed by atoms with van der Waals surface area (Å²) in [7, 11) is 0. The fourth-order valence-electron chi connectivity index (χ4n) is 2.38. The smallest absolute Gasteiger partial charge is 0.406 e. The van der Waals surface area contributed by atoms with Gasteiger partial charge in [-0.05, 0) is 54.5 Å². The molecule has 136 valence electrons. The monoisotopic (exact) mass is 373 g/mol. The maximum Gasteiger partial charge on any atom is 0.573 e. The van der Waals surface area contributed by atoms with Gasteiger partial charge in [-0.3, -0.25) is 4.79 Å². The first-order valence-corrected chi connectivity index (χ1v) is 8.55. The first-order chi connectivity index (χ1) is 11.9. The molecule has 1 aromatic heterocycles. The number of rotatable bonds is 8. The number of hydrogen-bond donors (Lipinski definition) is 2. The number of aliphatic hydroxyl groups excluding tert-OH is 1. The van der Waals surface area contributed by atoms with Crippen molar-refractivity contribution in [2.75, 3.05) is 13.2 Å². The van der Waals surface area contributed by atoms with Crippen molar-refractivity contribution in [3.8, 4) is 5.75 Å². The minimum Gasteiger partial charge on any atom is -0.406 e. The van der Waals surface area contributed by atoms with Crippen LogP contribution in [0.5, 0.6) is 5.75 Å². The molecule has 0 unspecified atom stereocenters. The summed E-state index contributed by atoms with van der Waals surface area (Å²) in [4.78, 5) is 13.2. The molecule has 0 saturated heterocycles. The summed E-state index contributed by atoms with van der Waals surface area (Å²) in [5.41, 5.74) is 0.254. The van der Waals surface area contributed by atoms with Gasteiger partial charge in [0.15, 0.2) is 0 Å². The minimum absolute atomic E-state index is 0.0666. The number of benzene rings is 1. The molecular weight excluding hydrogens is 355 g/mol. The van der Waals surface area contributed by atoms with Gasteiger partial charge in [-0.25, -0.2) is 0 Å². The van der Waals surface area contributed by atoms with Gasteiger partial charge in [0.2, 0.25) is 0 Å². The Labute approximate surface area is 147 Å². The van der Waals surface area contributed by atoms with Crippen LogP contribution in [0.25, 0.3) is 0 Å². The lowest BCUT2D eigenvalue weighted by Gasteiger charge is -2.14. The summed E-state index contributed by atoms with van der Waals surface area (Å²) < 4.78 is 40.1. The van der Waals surface area contributed by atoms with Crippen molar-refractivity contribution in [1.82, 2.24) is 5.32 Å². The highest BCUT2D eigenvalue weighted by Gasteiger charge is 2.31. The number of hydrogen-bond acceptors (Lipinski definition) is 4. The second-order valence-electron chi connectivity index (χ2n) is 5.34. The van der Waals surface area contributed by atoms with Crippen LogP contribution in [0.4, 0.5) is 13.2 Å². The number of aliphatic hydroxyl groups is 1. The number of nitrogens with one attached hydrogen (secondary N) is 1. The van der Waals surface area contributed by atoms with Crippen LogP contribution in [-0.2, 0) is 0 Å². The molecule has 2 N–H and O–H groups in total. The predicted molar refractivity (Wildman–Crippen MR) is 88.8 cm³/mol. The average Bonchev–Trinajstić information content (AvgIpc) is 3.07. The third-order valence-corrected chi connectivity index (χ3v) is 4.59. The van der Waals surface area contributed by atoms with Gasteiger partial charge in [-0.15, -0.1) is 24.5 Å². The number of carbonyl (C=O) groups is 1. The molecule has 0 fully saturated rings. The summed E-state index contributed by atoms with van der Waals surface area (Å²) in [5.74, 6) is -0.579. The Bertz CT molecular complexity index is 657. The van der Waals surface area contributed by atoms with Gasteiger partial charge in [0.25, 0.3) is 5.91 Å². The van der Waals surface area contributed by atoms with E-state index in [0.29, 0.717) is 19.4 Å². The number of halogens is 3. The maximum atomic E-state index is 12.1. The first-order valence-electron chi connectivity index (χ1n) is 7.67. The Kier molecular flexibility index (Phi) is 6.83. The molecule has 0 spiro atoms. The van der Waals surface area contributed by atoms with Crippen molar-refractivity contribution in [2.24, 2.45) is 0 Å². The SMILES string of the molecule is O=C(NCC[C@@H](CCO)c1cccs1)c1ccc(OC(F)(F)F)cc1. The number of amides is 1. The minimum atomic E-state index is -4.76. The maximum absolute atomic E-state index is 12.1. The highest BCUT2D eigenvalue weighted by atomic mass is 32.1. The normalized spacial score (nSPS) is 12.6. The number of thiophene rings is 1. The van der Waals surface area contributed by atoms with Crippen molar-refractivity contribution >= 4 is 17.2 Å². The Morgan fingerprint density at radius 2 is 1.92 bits per heavy atom. The molecule has 1 atom stereocenters. The summed E-state index contributed by atoms with van der Waals surface area (Å²) in [6, 6.07) is 8.69. The van der Waals surface area contributed by atoms with Crippen LogP contribution in [-0.4, -0.2) is 30.5 Å². The van der Waals surface area contributed by atoms with E-state index in [1.807, 2.05) is 17.5 Å². The van der Waals surface area contributed by atoms with E-state index in [4.69, 9.17) is 5.11 Å². The molecule has 0 aliphatic carbocycles. The molecule has 2 aromatic rings.